The summed E-state index contributed by atoms with van der Waals surface area (Å²) in [5.41, 5.74) is 4.16. The van der Waals surface area contributed by atoms with Gasteiger partial charge >= 0.3 is 6.18 Å². The number of carbonyl (C=O) groups is 1. The molecule has 3 rings (SSSR count). The van der Waals surface area contributed by atoms with E-state index in [2.05, 4.69) is 21.2 Å². The zero-order valence-corrected chi connectivity index (χ0v) is 12.5. The summed E-state index contributed by atoms with van der Waals surface area (Å²) in [5, 5.41) is 3.02. The molecule has 1 aliphatic heterocycles. The minimum Gasteiger partial charge on any atom is -0.313 e. The fraction of sp³-hybridized carbons (Fsp3) is 0.250. The number of nitrogens with zero attached hydrogens (tertiary/aromatic N) is 1. The number of nitrogens with one attached hydrogen (secondary N) is 3. The van der Waals surface area contributed by atoms with Crippen molar-refractivity contribution in [1.29, 1.82) is 0 Å². The molecule has 1 aromatic heterocycles. The number of hydrogen-bond acceptors (Lipinski definition) is 4. The first-order valence-electron chi connectivity index (χ1n) is 7.35. The van der Waals surface area contributed by atoms with E-state index in [1.165, 1.54) is 18.2 Å². The lowest BCUT2D eigenvalue weighted by atomic mass is 9.97. The summed E-state index contributed by atoms with van der Waals surface area (Å²) >= 11 is 0. The van der Waals surface area contributed by atoms with Gasteiger partial charge in [0.15, 0.2) is 5.69 Å². The fourth-order valence-electron chi connectivity index (χ4n) is 2.39. The predicted molar refractivity (Wildman–Crippen MR) is 81.9 cm³/mol. The molecule has 24 heavy (non-hydrogen) atoms. The van der Waals surface area contributed by atoms with Crippen molar-refractivity contribution in [3.63, 3.8) is 0 Å². The van der Waals surface area contributed by atoms with Gasteiger partial charge in [-0.1, -0.05) is 30.3 Å². The molecule has 3 N–H and O–H groups in total. The maximum absolute atomic E-state index is 13.3. The molecule has 2 heterocycles. The first-order valence-corrected chi connectivity index (χ1v) is 7.35. The number of aromatic nitrogens is 1. The van der Waals surface area contributed by atoms with Crippen LogP contribution < -0.4 is 16.2 Å². The van der Waals surface area contributed by atoms with E-state index in [-0.39, 0.29) is 22.7 Å². The number of pyridine rings is 1. The molecule has 1 amide bonds. The highest BCUT2D eigenvalue weighted by Gasteiger charge is 2.37. The van der Waals surface area contributed by atoms with Gasteiger partial charge in [-0.2, -0.15) is 13.2 Å². The molecule has 0 radical (unpaired) electrons. The fourth-order valence-corrected chi connectivity index (χ4v) is 2.39. The Morgan fingerprint density at radius 3 is 2.46 bits per heavy atom. The Labute approximate surface area is 136 Å². The van der Waals surface area contributed by atoms with Gasteiger partial charge in [0.25, 0.3) is 5.91 Å². The van der Waals surface area contributed by atoms with E-state index in [1.54, 1.807) is 18.2 Å². The maximum atomic E-state index is 13.3. The normalized spacial score (nSPS) is 15.0. The molecule has 0 atom stereocenters. The minimum atomic E-state index is -4.66. The van der Waals surface area contributed by atoms with Crippen molar-refractivity contribution < 1.29 is 18.0 Å². The van der Waals surface area contributed by atoms with Gasteiger partial charge in [0.1, 0.15) is 0 Å². The number of halogens is 3. The molecule has 0 unspecified atom stereocenters. The lowest BCUT2D eigenvalue weighted by molar-refractivity contribution is -0.140. The number of alkyl halides is 3. The average Bonchev–Trinajstić information content (AvgIpc) is 2.52. The standard InChI is InChI=1S/C16H15F3N4O/c17-16(18,19)14-13(10-4-2-1-3-5-10)12(6-7-21-14)15(24)23-22-11-8-20-9-11/h1-7,11,20,22H,8-9H2,(H,23,24). The Bertz CT molecular complexity index is 730. The van der Waals surface area contributed by atoms with Gasteiger partial charge in [-0.05, 0) is 11.6 Å². The third kappa shape index (κ3) is 3.39. The van der Waals surface area contributed by atoms with Gasteiger partial charge < -0.3 is 5.32 Å². The third-order valence-corrected chi connectivity index (χ3v) is 3.70. The Morgan fingerprint density at radius 2 is 1.88 bits per heavy atom. The molecule has 2 aromatic rings. The van der Waals surface area contributed by atoms with Gasteiger partial charge in [0.2, 0.25) is 0 Å². The molecule has 126 valence electrons. The number of amides is 1. The predicted octanol–water partition coefficient (Wildman–Crippen LogP) is 1.97. The first-order chi connectivity index (χ1) is 11.5. The Hall–Kier alpha value is -2.45. The molecule has 5 nitrogen and oxygen atoms in total. The first kappa shape index (κ1) is 16.4. The van der Waals surface area contributed by atoms with E-state index in [0.717, 1.165) is 6.20 Å². The van der Waals surface area contributed by atoms with Crippen LogP contribution in [0.15, 0.2) is 42.6 Å². The second-order valence-corrected chi connectivity index (χ2v) is 5.40. The quantitative estimate of drug-likeness (QED) is 0.747. The van der Waals surface area contributed by atoms with Crippen molar-refractivity contribution in [1.82, 2.24) is 21.2 Å². The average molecular weight is 336 g/mol. The van der Waals surface area contributed by atoms with Crippen LogP contribution in [0, 0.1) is 0 Å². The highest BCUT2D eigenvalue weighted by molar-refractivity contribution is 6.01. The van der Waals surface area contributed by atoms with E-state index in [1.807, 2.05) is 0 Å². The summed E-state index contributed by atoms with van der Waals surface area (Å²) in [6.45, 7) is 1.38. The van der Waals surface area contributed by atoms with Gasteiger partial charge in [-0.3, -0.25) is 15.2 Å². The highest BCUT2D eigenvalue weighted by atomic mass is 19.4. The number of rotatable bonds is 4. The topological polar surface area (TPSA) is 66.1 Å². The molecule has 0 bridgehead atoms. The highest BCUT2D eigenvalue weighted by Crippen LogP contribution is 2.37. The zero-order chi connectivity index (χ0) is 17.2. The van der Waals surface area contributed by atoms with Crippen LogP contribution in [0.2, 0.25) is 0 Å². The molecule has 0 spiro atoms. The Kier molecular flexibility index (Phi) is 4.50. The number of carbonyl (C=O) groups excluding carboxylic acids is 1. The van der Waals surface area contributed by atoms with Crippen LogP contribution >= 0.6 is 0 Å². The molecular formula is C16H15F3N4O. The van der Waals surface area contributed by atoms with E-state index in [0.29, 0.717) is 13.1 Å². The summed E-state index contributed by atoms with van der Waals surface area (Å²) in [6, 6.07) is 9.31. The summed E-state index contributed by atoms with van der Waals surface area (Å²) in [6.07, 6.45) is -3.66. The van der Waals surface area contributed by atoms with Crippen LogP contribution in [0.5, 0.6) is 0 Å². The molecule has 1 aliphatic rings. The minimum absolute atomic E-state index is 0.0676. The van der Waals surface area contributed by atoms with Gasteiger partial charge in [-0.25, -0.2) is 5.43 Å². The summed E-state index contributed by atoms with van der Waals surface area (Å²) in [4.78, 5) is 15.8. The second kappa shape index (κ2) is 6.58. The zero-order valence-electron chi connectivity index (χ0n) is 12.5. The van der Waals surface area contributed by atoms with Crippen LogP contribution in [0.25, 0.3) is 11.1 Å². The second-order valence-electron chi connectivity index (χ2n) is 5.40. The van der Waals surface area contributed by atoms with Crippen LogP contribution in [0.3, 0.4) is 0 Å². The van der Waals surface area contributed by atoms with E-state index >= 15 is 0 Å². The van der Waals surface area contributed by atoms with Crippen LogP contribution in [0.1, 0.15) is 16.1 Å². The van der Waals surface area contributed by atoms with Crippen molar-refractivity contribution in [3.05, 3.63) is 53.9 Å². The van der Waals surface area contributed by atoms with E-state index in [9.17, 15) is 18.0 Å². The number of benzene rings is 1. The van der Waals surface area contributed by atoms with Gasteiger partial charge in [-0.15, -0.1) is 0 Å². The van der Waals surface area contributed by atoms with Gasteiger partial charge in [0.05, 0.1) is 11.6 Å². The summed E-state index contributed by atoms with van der Waals surface area (Å²) in [5.74, 6) is -0.631. The van der Waals surface area contributed by atoms with Crippen LogP contribution in [-0.2, 0) is 6.18 Å². The number of hydrogen-bond donors (Lipinski definition) is 3. The Balaban J connectivity index is 2.00. The van der Waals surface area contributed by atoms with Crippen molar-refractivity contribution >= 4 is 5.91 Å². The Morgan fingerprint density at radius 1 is 1.17 bits per heavy atom. The smallest absolute Gasteiger partial charge is 0.313 e. The van der Waals surface area contributed by atoms with Crippen molar-refractivity contribution in [2.45, 2.75) is 12.2 Å². The van der Waals surface area contributed by atoms with Crippen molar-refractivity contribution in [2.75, 3.05) is 13.1 Å². The molecule has 1 aromatic carbocycles. The number of hydrazine groups is 1. The van der Waals surface area contributed by atoms with Crippen LogP contribution in [0.4, 0.5) is 13.2 Å². The van der Waals surface area contributed by atoms with Crippen LogP contribution in [-0.4, -0.2) is 30.0 Å². The largest absolute Gasteiger partial charge is 0.433 e. The molecule has 1 fully saturated rings. The molecule has 0 aliphatic carbocycles. The molecule has 8 heteroatoms. The molecule has 1 saturated heterocycles. The van der Waals surface area contributed by atoms with Gasteiger partial charge in [0, 0.05) is 24.8 Å². The monoisotopic (exact) mass is 336 g/mol. The summed E-state index contributed by atoms with van der Waals surface area (Å²) in [7, 11) is 0. The van der Waals surface area contributed by atoms with E-state index in [4.69, 9.17) is 0 Å². The maximum Gasteiger partial charge on any atom is 0.433 e. The lowest BCUT2D eigenvalue weighted by Gasteiger charge is -2.28. The SMILES string of the molecule is O=C(NNC1CNC1)c1ccnc(C(F)(F)F)c1-c1ccccc1. The summed E-state index contributed by atoms with van der Waals surface area (Å²) < 4.78 is 40.0. The van der Waals surface area contributed by atoms with E-state index < -0.39 is 17.8 Å². The third-order valence-electron chi connectivity index (χ3n) is 3.70. The molecular weight excluding hydrogens is 321 g/mol. The molecule has 0 saturated carbocycles. The lowest BCUT2D eigenvalue weighted by Crippen LogP contribution is -2.60. The van der Waals surface area contributed by atoms with Crippen molar-refractivity contribution in [3.8, 4) is 11.1 Å². The van der Waals surface area contributed by atoms with Crippen molar-refractivity contribution in [2.24, 2.45) is 0 Å².